The van der Waals surface area contributed by atoms with Crippen molar-refractivity contribution in [3.05, 3.63) is 143 Å². The second-order valence-corrected chi connectivity index (χ2v) is 17.3. The molecule has 0 aliphatic heterocycles. The Morgan fingerprint density at radius 1 is 0.451 bits per heavy atom. The molecule has 6 aromatic carbocycles. The summed E-state index contributed by atoms with van der Waals surface area (Å²) < 4.78 is 7.43. The third-order valence-electron chi connectivity index (χ3n) is 12.3. The van der Waals surface area contributed by atoms with Crippen molar-refractivity contribution in [2.45, 2.75) is 57.8 Å². The smallest absolute Gasteiger partial charge is 0.227 e. The number of aromatic nitrogens is 2. The fourth-order valence-electron chi connectivity index (χ4n) is 9.44. The minimum Gasteiger partial charge on any atom is -0.436 e. The van der Waals surface area contributed by atoms with Gasteiger partial charge in [0.1, 0.15) is 10.5 Å². The molecule has 11 rings (SSSR count). The lowest BCUT2D eigenvalue weighted by atomic mass is 9.78. The minimum absolute atomic E-state index is 0.131. The topological polar surface area (TPSA) is 38.9 Å². The number of nitrogens with zero attached hydrogens (tertiary/aromatic N) is 2. The van der Waals surface area contributed by atoms with Gasteiger partial charge in [-0.05, 0) is 133 Å². The van der Waals surface area contributed by atoms with Crippen LogP contribution in [0.1, 0.15) is 74.9 Å². The van der Waals surface area contributed by atoms with E-state index in [0.29, 0.717) is 5.89 Å². The second-order valence-electron chi connectivity index (χ2n) is 16.3. The van der Waals surface area contributed by atoms with E-state index in [1.165, 1.54) is 77.0 Å². The standard InChI is InChI=1S/C47H36N2OS/c1-45(2)33-19-25(43-48-39-11-7-9-13-41(39)50-43)15-17-27(33)29-21-37-31(23-35(29)45)32-24-36-30(22-38(32)47(37,5)6)28-18-16-26(20-34(28)46(36,3)4)44-49-40-12-8-10-14-42(40)51-44/h7-24H,1-6H3. The van der Waals surface area contributed by atoms with Gasteiger partial charge in [0.25, 0.3) is 0 Å². The number of thiazole rings is 1. The van der Waals surface area contributed by atoms with Crippen molar-refractivity contribution < 1.29 is 4.42 Å². The van der Waals surface area contributed by atoms with E-state index in [1.54, 1.807) is 11.3 Å². The van der Waals surface area contributed by atoms with Crippen LogP contribution in [-0.4, -0.2) is 9.97 Å². The molecule has 0 atom stereocenters. The summed E-state index contributed by atoms with van der Waals surface area (Å²) >= 11 is 1.78. The zero-order valence-electron chi connectivity index (χ0n) is 29.6. The van der Waals surface area contributed by atoms with Gasteiger partial charge >= 0.3 is 0 Å². The molecule has 0 amide bonds. The van der Waals surface area contributed by atoms with Crippen molar-refractivity contribution in [1.29, 1.82) is 0 Å². The van der Waals surface area contributed by atoms with Crippen LogP contribution in [0.2, 0.25) is 0 Å². The van der Waals surface area contributed by atoms with Gasteiger partial charge in [-0.25, -0.2) is 9.97 Å². The molecule has 0 bridgehead atoms. The number of rotatable bonds is 2. The monoisotopic (exact) mass is 676 g/mol. The van der Waals surface area contributed by atoms with Crippen LogP contribution in [0.25, 0.3) is 76.7 Å². The van der Waals surface area contributed by atoms with E-state index in [4.69, 9.17) is 14.4 Å². The Morgan fingerprint density at radius 2 is 0.922 bits per heavy atom. The van der Waals surface area contributed by atoms with Gasteiger partial charge in [-0.15, -0.1) is 11.3 Å². The molecule has 4 heteroatoms. The van der Waals surface area contributed by atoms with E-state index in [0.717, 1.165) is 27.2 Å². The van der Waals surface area contributed by atoms with E-state index in [-0.39, 0.29) is 16.2 Å². The quantitative estimate of drug-likeness (QED) is 0.183. The number of fused-ring (bicyclic) bond motifs is 11. The second kappa shape index (κ2) is 9.51. The molecule has 0 saturated carbocycles. The summed E-state index contributed by atoms with van der Waals surface area (Å²) in [6.07, 6.45) is 0. The zero-order chi connectivity index (χ0) is 34.6. The molecule has 2 heterocycles. The van der Waals surface area contributed by atoms with Gasteiger partial charge in [0.2, 0.25) is 5.89 Å². The van der Waals surface area contributed by atoms with Crippen molar-refractivity contribution >= 4 is 32.7 Å². The molecular formula is C47H36N2OS. The fourth-order valence-corrected chi connectivity index (χ4v) is 10.4. The highest BCUT2D eigenvalue weighted by atomic mass is 32.1. The Hall–Kier alpha value is -5.32. The first-order valence-electron chi connectivity index (χ1n) is 17.9. The lowest BCUT2D eigenvalue weighted by molar-refractivity contribution is 0.618. The van der Waals surface area contributed by atoms with Crippen LogP contribution in [0, 0.1) is 0 Å². The predicted octanol–water partition coefficient (Wildman–Crippen LogP) is 12.7. The van der Waals surface area contributed by atoms with Crippen LogP contribution >= 0.6 is 11.3 Å². The van der Waals surface area contributed by atoms with E-state index >= 15 is 0 Å². The third-order valence-corrected chi connectivity index (χ3v) is 13.4. The molecule has 0 radical (unpaired) electrons. The van der Waals surface area contributed by atoms with Crippen molar-refractivity contribution in [3.8, 4) is 55.4 Å². The first kappa shape index (κ1) is 29.4. The molecule has 0 unspecified atom stereocenters. The van der Waals surface area contributed by atoms with Gasteiger partial charge in [0.05, 0.1) is 10.2 Å². The summed E-state index contributed by atoms with van der Waals surface area (Å²) in [5.41, 5.74) is 21.0. The van der Waals surface area contributed by atoms with Gasteiger partial charge in [0, 0.05) is 27.4 Å². The summed E-state index contributed by atoms with van der Waals surface area (Å²) in [6.45, 7) is 14.3. The molecule has 8 aromatic rings. The van der Waals surface area contributed by atoms with E-state index in [9.17, 15) is 0 Å². The van der Waals surface area contributed by atoms with Crippen LogP contribution in [0.4, 0.5) is 0 Å². The number of benzene rings is 6. The number of para-hydroxylation sites is 3. The van der Waals surface area contributed by atoms with Gasteiger partial charge in [-0.2, -0.15) is 0 Å². The molecule has 3 aliphatic rings. The highest BCUT2D eigenvalue weighted by molar-refractivity contribution is 7.21. The highest BCUT2D eigenvalue weighted by Crippen LogP contribution is 2.59. The molecule has 3 nitrogen and oxygen atoms in total. The largest absolute Gasteiger partial charge is 0.436 e. The normalized spacial score (nSPS) is 16.5. The first-order valence-corrected chi connectivity index (χ1v) is 18.7. The van der Waals surface area contributed by atoms with Crippen LogP contribution < -0.4 is 0 Å². The van der Waals surface area contributed by atoms with Gasteiger partial charge in [0.15, 0.2) is 5.58 Å². The van der Waals surface area contributed by atoms with E-state index in [1.807, 2.05) is 24.3 Å². The van der Waals surface area contributed by atoms with Crippen molar-refractivity contribution in [2.24, 2.45) is 0 Å². The fraction of sp³-hybridized carbons (Fsp3) is 0.191. The zero-order valence-corrected chi connectivity index (χ0v) is 30.4. The van der Waals surface area contributed by atoms with Crippen LogP contribution in [-0.2, 0) is 16.2 Å². The molecule has 2 aromatic heterocycles. The lowest BCUT2D eigenvalue weighted by Crippen LogP contribution is -2.17. The SMILES string of the molecule is CC1(C)c2cc(-c3nc4ccccc4o3)ccc2-c2cc3c(cc21)-c1cc2c(cc1C3(C)C)-c1ccc(-c3nc4ccccc4s3)cc1C2(C)C. The summed E-state index contributed by atoms with van der Waals surface area (Å²) in [7, 11) is 0. The van der Waals surface area contributed by atoms with Gasteiger partial charge in [-0.3, -0.25) is 0 Å². The number of oxazole rings is 1. The average Bonchev–Trinajstić information content (AvgIpc) is 3.90. The number of hydrogen-bond donors (Lipinski definition) is 0. The molecule has 3 aliphatic carbocycles. The molecule has 0 saturated heterocycles. The maximum Gasteiger partial charge on any atom is 0.227 e. The molecular weight excluding hydrogens is 641 g/mol. The molecule has 0 N–H and O–H groups in total. The van der Waals surface area contributed by atoms with Crippen molar-refractivity contribution in [3.63, 3.8) is 0 Å². The van der Waals surface area contributed by atoms with Crippen LogP contribution in [0.15, 0.2) is 114 Å². The maximum absolute atomic E-state index is 6.19. The summed E-state index contributed by atoms with van der Waals surface area (Å²) in [5.74, 6) is 0.674. The Kier molecular flexibility index (Phi) is 5.48. The maximum atomic E-state index is 6.19. The van der Waals surface area contributed by atoms with E-state index < -0.39 is 0 Å². The van der Waals surface area contributed by atoms with Gasteiger partial charge in [-0.1, -0.05) is 84.0 Å². The Labute approximate surface area is 301 Å². The van der Waals surface area contributed by atoms with Crippen LogP contribution in [0.3, 0.4) is 0 Å². The molecule has 0 spiro atoms. The molecule has 51 heavy (non-hydrogen) atoms. The van der Waals surface area contributed by atoms with Crippen LogP contribution in [0.5, 0.6) is 0 Å². The Bertz CT molecular complexity index is 2590. The van der Waals surface area contributed by atoms with Gasteiger partial charge < -0.3 is 4.42 Å². The van der Waals surface area contributed by atoms with Crippen molar-refractivity contribution in [1.82, 2.24) is 9.97 Å². The lowest BCUT2D eigenvalue weighted by Gasteiger charge is -2.25. The molecule has 0 fully saturated rings. The predicted molar refractivity (Wildman–Crippen MR) is 211 cm³/mol. The van der Waals surface area contributed by atoms with E-state index in [2.05, 4.69) is 126 Å². The Balaban J connectivity index is 1.02. The summed E-state index contributed by atoms with van der Waals surface area (Å²) in [6, 6.07) is 40.3. The average molecular weight is 677 g/mol. The summed E-state index contributed by atoms with van der Waals surface area (Å²) in [5, 5.41) is 1.08. The van der Waals surface area contributed by atoms with Crippen molar-refractivity contribution in [2.75, 3.05) is 0 Å². The molecule has 246 valence electrons. The third kappa shape index (κ3) is 3.78. The Morgan fingerprint density at radius 3 is 1.49 bits per heavy atom. The first-order chi connectivity index (χ1) is 24.5. The number of hydrogen-bond acceptors (Lipinski definition) is 4. The highest BCUT2D eigenvalue weighted by Gasteiger charge is 2.44. The summed E-state index contributed by atoms with van der Waals surface area (Å²) in [4.78, 5) is 9.81. The minimum atomic E-state index is -0.169.